The third kappa shape index (κ3) is 5.67. The molecule has 1 amide bonds. The van der Waals surface area contributed by atoms with Gasteiger partial charge in [0.25, 0.3) is 11.6 Å². The number of nitro groups is 1. The van der Waals surface area contributed by atoms with Crippen molar-refractivity contribution in [1.29, 1.82) is 0 Å². The van der Waals surface area contributed by atoms with Crippen molar-refractivity contribution in [1.82, 2.24) is 10.4 Å². The van der Waals surface area contributed by atoms with E-state index in [4.69, 9.17) is 0 Å². The number of carbonyl (C=O) groups is 1. The first-order chi connectivity index (χ1) is 15.1. The molecule has 0 atom stereocenters. The van der Waals surface area contributed by atoms with Crippen LogP contribution in [0.2, 0.25) is 0 Å². The van der Waals surface area contributed by atoms with Gasteiger partial charge in [0.2, 0.25) is 0 Å². The van der Waals surface area contributed by atoms with E-state index in [0.717, 1.165) is 24.0 Å². The standard InChI is InChI=1S/C24H24N4O3/c29-24(20-11-14-22(25-21-12-13-21)23(15-20)28(30)31)26-27(16-18-7-3-1-4-8-18)17-19-9-5-2-6-10-19/h1-11,14-15,21,25H,12-13,16-17H2,(H,26,29). The molecule has 1 aliphatic carbocycles. The normalized spacial score (nSPS) is 13.1. The molecule has 158 valence electrons. The molecular weight excluding hydrogens is 392 g/mol. The lowest BCUT2D eigenvalue weighted by Crippen LogP contribution is -2.41. The van der Waals surface area contributed by atoms with Crippen molar-refractivity contribution >= 4 is 17.3 Å². The molecule has 7 nitrogen and oxygen atoms in total. The molecule has 0 radical (unpaired) electrons. The maximum absolute atomic E-state index is 13.0. The fourth-order valence-corrected chi connectivity index (χ4v) is 3.34. The Morgan fingerprint density at radius 2 is 1.52 bits per heavy atom. The molecule has 1 saturated carbocycles. The molecule has 2 N–H and O–H groups in total. The van der Waals surface area contributed by atoms with E-state index in [1.54, 1.807) is 12.1 Å². The van der Waals surface area contributed by atoms with Gasteiger partial charge in [-0.25, -0.2) is 5.01 Å². The lowest BCUT2D eigenvalue weighted by molar-refractivity contribution is -0.384. The second-order valence-electron chi connectivity index (χ2n) is 7.68. The number of carbonyl (C=O) groups excluding carboxylic acids is 1. The first kappa shape index (κ1) is 20.6. The molecule has 1 aliphatic rings. The lowest BCUT2D eigenvalue weighted by atomic mass is 10.1. The number of benzene rings is 3. The second kappa shape index (κ2) is 9.40. The summed E-state index contributed by atoms with van der Waals surface area (Å²) in [6, 6.07) is 24.5. The highest BCUT2D eigenvalue weighted by molar-refractivity contribution is 5.95. The number of amides is 1. The first-order valence-corrected chi connectivity index (χ1v) is 10.3. The number of hydrazine groups is 1. The van der Waals surface area contributed by atoms with E-state index in [0.29, 0.717) is 18.8 Å². The zero-order valence-electron chi connectivity index (χ0n) is 17.0. The van der Waals surface area contributed by atoms with E-state index in [1.807, 2.05) is 65.7 Å². The second-order valence-corrected chi connectivity index (χ2v) is 7.68. The summed E-state index contributed by atoms with van der Waals surface area (Å²) in [5.74, 6) is -0.382. The smallest absolute Gasteiger partial charge is 0.293 e. The van der Waals surface area contributed by atoms with Crippen LogP contribution in [0.3, 0.4) is 0 Å². The fourth-order valence-electron chi connectivity index (χ4n) is 3.34. The lowest BCUT2D eigenvalue weighted by Gasteiger charge is -2.23. The Morgan fingerprint density at radius 3 is 2.03 bits per heavy atom. The molecular formula is C24H24N4O3. The molecule has 31 heavy (non-hydrogen) atoms. The first-order valence-electron chi connectivity index (χ1n) is 10.3. The molecule has 3 aromatic rings. The van der Waals surface area contributed by atoms with Crippen molar-refractivity contribution in [2.45, 2.75) is 32.0 Å². The summed E-state index contributed by atoms with van der Waals surface area (Å²) in [6.45, 7) is 1.01. The molecule has 0 aromatic heterocycles. The molecule has 7 heteroatoms. The highest BCUT2D eigenvalue weighted by Crippen LogP contribution is 2.31. The average molecular weight is 416 g/mol. The quantitative estimate of drug-likeness (QED) is 0.396. The van der Waals surface area contributed by atoms with Crippen LogP contribution >= 0.6 is 0 Å². The van der Waals surface area contributed by atoms with E-state index in [2.05, 4.69) is 10.7 Å². The highest BCUT2D eigenvalue weighted by atomic mass is 16.6. The Labute approximate surface area is 180 Å². The van der Waals surface area contributed by atoms with Gasteiger partial charge >= 0.3 is 0 Å². The summed E-state index contributed by atoms with van der Waals surface area (Å²) >= 11 is 0. The number of nitrogens with one attached hydrogen (secondary N) is 2. The highest BCUT2D eigenvalue weighted by Gasteiger charge is 2.26. The average Bonchev–Trinajstić information content (AvgIpc) is 3.59. The zero-order valence-corrected chi connectivity index (χ0v) is 17.0. The van der Waals surface area contributed by atoms with Gasteiger partial charge in [0, 0.05) is 30.8 Å². The van der Waals surface area contributed by atoms with E-state index in [1.165, 1.54) is 6.07 Å². The Balaban J connectivity index is 1.53. The van der Waals surface area contributed by atoms with Crippen LogP contribution in [0.25, 0.3) is 0 Å². The van der Waals surface area contributed by atoms with Crippen LogP contribution in [0, 0.1) is 10.1 Å². The van der Waals surface area contributed by atoms with E-state index in [-0.39, 0.29) is 23.2 Å². The van der Waals surface area contributed by atoms with Crippen LogP contribution in [0.15, 0.2) is 78.9 Å². The number of hydrogen-bond donors (Lipinski definition) is 2. The predicted octanol–water partition coefficient (Wildman–Crippen LogP) is 4.52. The Kier molecular flexibility index (Phi) is 6.24. The van der Waals surface area contributed by atoms with Gasteiger partial charge in [-0.2, -0.15) is 0 Å². The van der Waals surface area contributed by atoms with Crippen LogP contribution in [-0.4, -0.2) is 21.9 Å². The maximum atomic E-state index is 13.0. The van der Waals surface area contributed by atoms with Gasteiger partial charge in [0.05, 0.1) is 4.92 Å². The van der Waals surface area contributed by atoms with Gasteiger partial charge in [0.1, 0.15) is 5.69 Å². The molecule has 0 unspecified atom stereocenters. The molecule has 1 fully saturated rings. The van der Waals surface area contributed by atoms with Gasteiger partial charge < -0.3 is 5.32 Å². The van der Waals surface area contributed by atoms with Gasteiger partial charge in [-0.3, -0.25) is 20.3 Å². The fraction of sp³-hybridized carbons (Fsp3) is 0.208. The van der Waals surface area contributed by atoms with Crippen molar-refractivity contribution in [2.24, 2.45) is 0 Å². The van der Waals surface area contributed by atoms with Crippen molar-refractivity contribution in [2.75, 3.05) is 5.32 Å². The van der Waals surface area contributed by atoms with Gasteiger partial charge in [-0.1, -0.05) is 60.7 Å². The van der Waals surface area contributed by atoms with Crippen molar-refractivity contribution < 1.29 is 9.72 Å². The SMILES string of the molecule is O=C(NN(Cc1ccccc1)Cc1ccccc1)c1ccc(NC2CC2)c([N+](=O)[O-])c1. The monoisotopic (exact) mass is 416 g/mol. The largest absolute Gasteiger partial charge is 0.377 e. The van der Waals surface area contributed by atoms with E-state index >= 15 is 0 Å². The number of nitro benzene ring substituents is 1. The minimum atomic E-state index is -0.451. The summed E-state index contributed by atoms with van der Waals surface area (Å²) in [5.41, 5.74) is 5.64. The zero-order chi connectivity index (χ0) is 21.6. The molecule has 3 aromatic carbocycles. The Bertz CT molecular complexity index is 1010. The number of rotatable bonds is 9. The van der Waals surface area contributed by atoms with Gasteiger partial charge in [-0.05, 0) is 36.1 Å². The number of nitrogens with zero attached hydrogens (tertiary/aromatic N) is 2. The van der Waals surface area contributed by atoms with Gasteiger partial charge in [0.15, 0.2) is 0 Å². The summed E-state index contributed by atoms with van der Waals surface area (Å²) in [7, 11) is 0. The Hall–Kier alpha value is -3.71. The summed E-state index contributed by atoms with van der Waals surface area (Å²) < 4.78 is 0. The van der Waals surface area contributed by atoms with Crippen LogP contribution < -0.4 is 10.7 Å². The summed E-state index contributed by atoms with van der Waals surface area (Å²) in [5, 5.41) is 16.5. The Morgan fingerprint density at radius 1 is 0.935 bits per heavy atom. The van der Waals surface area contributed by atoms with Crippen molar-refractivity contribution in [3.63, 3.8) is 0 Å². The van der Waals surface area contributed by atoms with Crippen LogP contribution in [0.1, 0.15) is 34.3 Å². The minimum Gasteiger partial charge on any atom is -0.377 e. The third-order valence-corrected chi connectivity index (χ3v) is 5.09. The predicted molar refractivity (Wildman–Crippen MR) is 119 cm³/mol. The number of hydrogen-bond acceptors (Lipinski definition) is 5. The summed E-state index contributed by atoms with van der Waals surface area (Å²) in [4.78, 5) is 24.0. The topological polar surface area (TPSA) is 87.5 Å². The molecule has 0 bridgehead atoms. The van der Waals surface area contributed by atoms with E-state index in [9.17, 15) is 14.9 Å². The molecule has 0 heterocycles. The molecule has 4 rings (SSSR count). The molecule has 0 spiro atoms. The van der Waals surface area contributed by atoms with Crippen LogP contribution in [0.4, 0.5) is 11.4 Å². The minimum absolute atomic E-state index is 0.0859. The maximum Gasteiger partial charge on any atom is 0.293 e. The summed E-state index contributed by atoms with van der Waals surface area (Å²) in [6.07, 6.45) is 2.01. The molecule has 0 saturated heterocycles. The van der Waals surface area contributed by atoms with Crippen LogP contribution in [0.5, 0.6) is 0 Å². The van der Waals surface area contributed by atoms with Gasteiger partial charge in [-0.15, -0.1) is 0 Å². The van der Waals surface area contributed by atoms with Crippen molar-refractivity contribution in [3.8, 4) is 0 Å². The van der Waals surface area contributed by atoms with E-state index < -0.39 is 4.92 Å². The molecule has 0 aliphatic heterocycles. The third-order valence-electron chi connectivity index (χ3n) is 5.09. The van der Waals surface area contributed by atoms with Crippen LogP contribution in [-0.2, 0) is 13.1 Å². The van der Waals surface area contributed by atoms with Crippen molar-refractivity contribution in [3.05, 3.63) is 106 Å². The number of anilines is 1.